The van der Waals surface area contributed by atoms with Crippen molar-refractivity contribution >= 4 is 45.8 Å². The Bertz CT molecular complexity index is 1420. The standard InChI is InChI=1S/C26H23N7O2/c1-2-23(34)29-18-6-3-5-17(15-18)20-7-4-8-21-24(20)31-26(32-25(21)27)30-19-9-10-22(28-16-19)33-11-13-35-14-12-33/h1,3-10,15-16H,11-14H2,(H,29,34)(H3,27,30,31,32). The van der Waals surface area contributed by atoms with Crippen LogP contribution in [0.3, 0.4) is 0 Å². The molecule has 1 amide bonds. The van der Waals surface area contributed by atoms with Gasteiger partial charge in [0.2, 0.25) is 5.95 Å². The number of rotatable bonds is 5. The van der Waals surface area contributed by atoms with E-state index in [0.717, 1.165) is 41.1 Å². The number of hydrogen-bond acceptors (Lipinski definition) is 8. The largest absolute Gasteiger partial charge is 0.383 e. The zero-order valence-electron chi connectivity index (χ0n) is 18.9. The van der Waals surface area contributed by atoms with E-state index in [1.54, 1.807) is 12.3 Å². The highest BCUT2D eigenvalue weighted by Crippen LogP contribution is 2.32. The molecule has 0 spiro atoms. The summed E-state index contributed by atoms with van der Waals surface area (Å²) in [6, 6.07) is 17.0. The van der Waals surface area contributed by atoms with E-state index in [9.17, 15) is 4.79 Å². The molecule has 35 heavy (non-hydrogen) atoms. The summed E-state index contributed by atoms with van der Waals surface area (Å²) in [7, 11) is 0. The van der Waals surface area contributed by atoms with Crippen molar-refractivity contribution in [3.8, 4) is 23.5 Å². The first-order valence-electron chi connectivity index (χ1n) is 11.1. The van der Waals surface area contributed by atoms with E-state index in [1.165, 1.54) is 0 Å². The molecule has 0 saturated carbocycles. The van der Waals surface area contributed by atoms with Gasteiger partial charge in [-0.25, -0.2) is 9.97 Å². The van der Waals surface area contributed by atoms with Gasteiger partial charge < -0.3 is 26.0 Å². The van der Waals surface area contributed by atoms with Gasteiger partial charge in [0.1, 0.15) is 11.6 Å². The van der Waals surface area contributed by atoms with E-state index in [-0.39, 0.29) is 0 Å². The van der Waals surface area contributed by atoms with Gasteiger partial charge in [0.25, 0.3) is 5.91 Å². The van der Waals surface area contributed by atoms with Gasteiger partial charge in [0.05, 0.1) is 30.6 Å². The second-order valence-corrected chi connectivity index (χ2v) is 7.94. The van der Waals surface area contributed by atoms with Crippen LogP contribution in [0, 0.1) is 12.3 Å². The summed E-state index contributed by atoms with van der Waals surface area (Å²) in [6.07, 6.45) is 6.92. The molecule has 1 fully saturated rings. The Morgan fingerprint density at radius 3 is 2.66 bits per heavy atom. The number of ether oxygens (including phenoxy) is 1. The first-order chi connectivity index (χ1) is 17.1. The summed E-state index contributed by atoms with van der Waals surface area (Å²) in [5, 5.41) is 6.60. The molecule has 0 atom stereocenters. The first-order valence-corrected chi connectivity index (χ1v) is 11.1. The van der Waals surface area contributed by atoms with Gasteiger partial charge in [-0.1, -0.05) is 24.3 Å². The highest BCUT2D eigenvalue weighted by Gasteiger charge is 2.14. The highest BCUT2D eigenvalue weighted by atomic mass is 16.5. The van der Waals surface area contributed by atoms with E-state index in [2.05, 4.69) is 31.4 Å². The predicted octanol–water partition coefficient (Wildman–Crippen LogP) is 3.43. The molecule has 1 saturated heterocycles. The third-order valence-electron chi connectivity index (χ3n) is 5.66. The number of nitrogen functional groups attached to an aromatic ring is 1. The fourth-order valence-electron chi connectivity index (χ4n) is 3.96. The number of terminal acetylenes is 1. The number of para-hydroxylation sites is 1. The zero-order valence-corrected chi connectivity index (χ0v) is 18.9. The number of anilines is 5. The van der Waals surface area contributed by atoms with Crippen LogP contribution < -0.4 is 21.3 Å². The molecule has 0 unspecified atom stereocenters. The summed E-state index contributed by atoms with van der Waals surface area (Å²) >= 11 is 0. The van der Waals surface area contributed by atoms with Crippen LogP contribution in [0.15, 0.2) is 60.8 Å². The quantitative estimate of drug-likeness (QED) is 0.384. The summed E-state index contributed by atoms with van der Waals surface area (Å²) in [5.74, 6) is 3.16. The second-order valence-electron chi connectivity index (χ2n) is 7.94. The third kappa shape index (κ3) is 4.83. The van der Waals surface area contributed by atoms with Crippen molar-refractivity contribution in [2.24, 2.45) is 0 Å². The number of carbonyl (C=O) groups excluding carboxylic acids is 1. The SMILES string of the molecule is C#CC(=O)Nc1cccc(-c2cccc3c(N)nc(Nc4ccc(N5CCOCC5)nc4)nc23)c1. The summed E-state index contributed by atoms with van der Waals surface area (Å²) in [6.45, 7) is 3.04. The lowest BCUT2D eigenvalue weighted by atomic mass is 10.0. The Hall–Kier alpha value is -4.68. The summed E-state index contributed by atoms with van der Waals surface area (Å²) in [5.41, 5.74) is 10.0. The molecule has 0 radical (unpaired) electrons. The van der Waals surface area contributed by atoms with Crippen molar-refractivity contribution in [2.45, 2.75) is 0 Å². The normalized spacial score (nSPS) is 13.3. The zero-order chi connectivity index (χ0) is 24.2. The fraction of sp³-hybridized carbons (Fsp3) is 0.154. The molecule has 2 aromatic carbocycles. The lowest BCUT2D eigenvalue weighted by Crippen LogP contribution is -2.36. The van der Waals surface area contributed by atoms with Crippen molar-refractivity contribution in [1.29, 1.82) is 0 Å². The van der Waals surface area contributed by atoms with E-state index >= 15 is 0 Å². The molecule has 4 aromatic rings. The van der Waals surface area contributed by atoms with Crippen LogP contribution in [-0.2, 0) is 9.53 Å². The average Bonchev–Trinajstić information content (AvgIpc) is 2.89. The molecule has 1 aliphatic heterocycles. The number of hydrogen-bond donors (Lipinski definition) is 3. The van der Waals surface area contributed by atoms with Gasteiger partial charge in [-0.05, 0) is 41.8 Å². The molecule has 9 heteroatoms. The summed E-state index contributed by atoms with van der Waals surface area (Å²) < 4.78 is 5.40. The Balaban J connectivity index is 1.45. The number of carbonyl (C=O) groups is 1. The van der Waals surface area contributed by atoms with Gasteiger partial charge in [-0.15, -0.1) is 6.42 Å². The Kier molecular flexibility index (Phi) is 6.11. The number of pyridine rings is 1. The fourth-order valence-corrected chi connectivity index (χ4v) is 3.96. The number of morpholine rings is 1. The predicted molar refractivity (Wildman–Crippen MR) is 137 cm³/mol. The summed E-state index contributed by atoms with van der Waals surface area (Å²) in [4.78, 5) is 27.5. The molecular formula is C26H23N7O2. The minimum atomic E-state index is -0.508. The maximum Gasteiger partial charge on any atom is 0.300 e. The Morgan fingerprint density at radius 1 is 1.06 bits per heavy atom. The van der Waals surface area contributed by atoms with Crippen LogP contribution >= 0.6 is 0 Å². The molecule has 3 heterocycles. The minimum absolute atomic E-state index is 0.356. The maximum atomic E-state index is 11.6. The molecule has 2 aromatic heterocycles. The second kappa shape index (κ2) is 9.67. The smallest absolute Gasteiger partial charge is 0.300 e. The number of nitrogens with two attached hydrogens (primary N) is 1. The van der Waals surface area contributed by atoms with Crippen molar-refractivity contribution < 1.29 is 9.53 Å². The molecule has 174 valence electrons. The number of benzene rings is 2. The van der Waals surface area contributed by atoms with Crippen molar-refractivity contribution in [3.63, 3.8) is 0 Å². The molecule has 1 aliphatic rings. The van der Waals surface area contributed by atoms with Crippen molar-refractivity contribution in [2.75, 3.05) is 47.6 Å². The monoisotopic (exact) mass is 465 g/mol. The Labute approximate surface area is 202 Å². The van der Waals surface area contributed by atoms with E-state index in [0.29, 0.717) is 36.2 Å². The number of aromatic nitrogens is 3. The van der Waals surface area contributed by atoms with Crippen LogP contribution in [0.4, 0.5) is 29.0 Å². The van der Waals surface area contributed by atoms with Gasteiger partial charge in [-0.2, -0.15) is 4.98 Å². The van der Waals surface area contributed by atoms with Crippen molar-refractivity contribution in [3.05, 3.63) is 60.8 Å². The minimum Gasteiger partial charge on any atom is -0.383 e. The molecule has 0 bridgehead atoms. The van der Waals surface area contributed by atoms with Crippen LogP contribution in [-0.4, -0.2) is 47.2 Å². The highest BCUT2D eigenvalue weighted by molar-refractivity contribution is 6.04. The van der Waals surface area contributed by atoms with Crippen LogP contribution in [0.2, 0.25) is 0 Å². The topological polar surface area (TPSA) is 118 Å². The Morgan fingerprint density at radius 2 is 1.89 bits per heavy atom. The number of amides is 1. The average molecular weight is 466 g/mol. The number of nitrogens with one attached hydrogen (secondary N) is 2. The molecule has 0 aliphatic carbocycles. The third-order valence-corrected chi connectivity index (χ3v) is 5.66. The lowest BCUT2D eigenvalue weighted by molar-refractivity contribution is -0.111. The lowest BCUT2D eigenvalue weighted by Gasteiger charge is -2.27. The van der Waals surface area contributed by atoms with Crippen LogP contribution in [0.1, 0.15) is 0 Å². The van der Waals surface area contributed by atoms with Gasteiger partial charge >= 0.3 is 0 Å². The maximum absolute atomic E-state index is 11.6. The molecule has 4 N–H and O–H groups in total. The van der Waals surface area contributed by atoms with E-state index in [4.69, 9.17) is 21.9 Å². The number of nitrogens with zero attached hydrogens (tertiary/aromatic N) is 4. The van der Waals surface area contributed by atoms with Crippen molar-refractivity contribution in [1.82, 2.24) is 15.0 Å². The van der Waals surface area contributed by atoms with Crippen LogP contribution in [0.25, 0.3) is 22.0 Å². The van der Waals surface area contributed by atoms with E-state index in [1.807, 2.05) is 48.5 Å². The van der Waals surface area contributed by atoms with Gasteiger partial charge in [0, 0.05) is 29.7 Å². The molecule has 5 rings (SSSR count). The van der Waals surface area contributed by atoms with E-state index < -0.39 is 5.91 Å². The van der Waals surface area contributed by atoms with Gasteiger partial charge in [-0.3, -0.25) is 4.79 Å². The first kappa shape index (κ1) is 22.1. The van der Waals surface area contributed by atoms with Crippen LogP contribution in [0.5, 0.6) is 0 Å². The molecular weight excluding hydrogens is 442 g/mol. The molecule has 9 nitrogen and oxygen atoms in total. The van der Waals surface area contributed by atoms with Gasteiger partial charge in [0.15, 0.2) is 0 Å². The number of fused-ring (bicyclic) bond motifs is 1.